The van der Waals surface area contributed by atoms with Gasteiger partial charge in [-0.1, -0.05) is 24.3 Å². The Labute approximate surface area is 166 Å². The van der Waals surface area contributed by atoms with Crippen molar-refractivity contribution < 1.29 is 18.7 Å². The van der Waals surface area contributed by atoms with E-state index in [1.165, 1.54) is 12.1 Å². The average molecular weight is 397 g/mol. The molecule has 8 nitrogen and oxygen atoms in total. The Morgan fingerprint density at radius 1 is 1.17 bits per heavy atom. The zero-order valence-corrected chi connectivity index (χ0v) is 16.0. The minimum Gasteiger partial charge on any atom is -0.459 e. The molecule has 0 unspecified atom stereocenters. The fourth-order valence-corrected chi connectivity index (χ4v) is 2.48. The third-order valence-electron chi connectivity index (χ3n) is 3.84. The van der Waals surface area contributed by atoms with E-state index in [1.54, 1.807) is 50.2 Å². The highest BCUT2D eigenvalue weighted by atomic mass is 19.1. The standard InChI is InChI=1S/C20H20FN5O3/c1-13(2)29-20(28)16-5-3-4-15(10-16)19-23-25-26(24-19)12-18(27)22-11-14-6-8-17(21)9-7-14/h3-10,13H,11-12H2,1-2H3,(H,22,27). The molecule has 0 spiro atoms. The summed E-state index contributed by atoms with van der Waals surface area (Å²) in [4.78, 5) is 25.3. The quantitative estimate of drug-likeness (QED) is 0.615. The molecule has 150 valence electrons. The van der Waals surface area contributed by atoms with E-state index in [2.05, 4.69) is 20.7 Å². The predicted octanol–water partition coefficient (Wildman–Crippen LogP) is 2.36. The molecule has 1 amide bonds. The Balaban J connectivity index is 1.61. The van der Waals surface area contributed by atoms with Gasteiger partial charge in [0.05, 0.1) is 11.7 Å². The van der Waals surface area contributed by atoms with Gasteiger partial charge < -0.3 is 10.1 Å². The van der Waals surface area contributed by atoms with Crippen LogP contribution in [0.4, 0.5) is 4.39 Å². The lowest BCUT2D eigenvalue weighted by Gasteiger charge is -2.08. The highest BCUT2D eigenvalue weighted by Crippen LogP contribution is 2.16. The topological polar surface area (TPSA) is 99.0 Å². The zero-order chi connectivity index (χ0) is 20.8. The Morgan fingerprint density at radius 3 is 2.66 bits per heavy atom. The summed E-state index contributed by atoms with van der Waals surface area (Å²) in [5.74, 6) is -0.793. The van der Waals surface area contributed by atoms with Crippen LogP contribution in [-0.2, 0) is 22.6 Å². The van der Waals surface area contributed by atoms with Crippen LogP contribution in [0.1, 0.15) is 29.8 Å². The summed E-state index contributed by atoms with van der Waals surface area (Å²) >= 11 is 0. The molecule has 0 fully saturated rings. The van der Waals surface area contributed by atoms with E-state index >= 15 is 0 Å². The number of nitrogens with zero attached hydrogens (tertiary/aromatic N) is 4. The van der Waals surface area contributed by atoms with Gasteiger partial charge in [-0.3, -0.25) is 4.79 Å². The average Bonchev–Trinajstić information content (AvgIpc) is 3.15. The van der Waals surface area contributed by atoms with Crippen LogP contribution in [0.15, 0.2) is 48.5 Å². The predicted molar refractivity (Wildman–Crippen MR) is 102 cm³/mol. The Hall–Kier alpha value is -3.62. The number of rotatable bonds is 7. The van der Waals surface area contributed by atoms with E-state index in [0.717, 1.165) is 10.4 Å². The molecule has 0 atom stereocenters. The van der Waals surface area contributed by atoms with E-state index in [-0.39, 0.29) is 36.7 Å². The summed E-state index contributed by atoms with van der Waals surface area (Å²) in [5.41, 5.74) is 1.74. The lowest BCUT2D eigenvalue weighted by Crippen LogP contribution is -2.28. The first kappa shape index (κ1) is 20.1. The lowest BCUT2D eigenvalue weighted by atomic mass is 10.1. The van der Waals surface area contributed by atoms with Crippen molar-refractivity contribution in [2.75, 3.05) is 0 Å². The molecule has 0 saturated carbocycles. The molecule has 2 aromatic carbocycles. The summed E-state index contributed by atoms with van der Waals surface area (Å²) in [6.07, 6.45) is -0.224. The maximum atomic E-state index is 12.9. The van der Waals surface area contributed by atoms with Crippen LogP contribution in [0.5, 0.6) is 0 Å². The molecule has 1 heterocycles. The fraction of sp³-hybridized carbons (Fsp3) is 0.250. The molecular formula is C20H20FN5O3. The number of carbonyl (C=O) groups is 2. The van der Waals surface area contributed by atoms with Gasteiger partial charge in [0.1, 0.15) is 12.4 Å². The normalized spacial score (nSPS) is 10.8. The number of amides is 1. The Morgan fingerprint density at radius 2 is 1.93 bits per heavy atom. The van der Waals surface area contributed by atoms with Gasteiger partial charge in [0, 0.05) is 12.1 Å². The number of hydrogen-bond donors (Lipinski definition) is 1. The SMILES string of the molecule is CC(C)OC(=O)c1cccc(-c2nnn(CC(=O)NCc3ccc(F)cc3)n2)c1. The summed E-state index contributed by atoms with van der Waals surface area (Å²) in [7, 11) is 0. The second kappa shape index (κ2) is 9.05. The van der Waals surface area contributed by atoms with E-state index < -0.39 is 5.97 Å². The summed E-state index contributed by atoms with van der Waals surface area (Å²) in [6, 6.07) is 12.5. The molecule has 29 heavy (non-hydrogen) atoms. The van der Waals surface area contributed by atoms with Crippen molar-refractivity contribution in [2.24, 2.45) is 0 Å². The first-order valence-electron chi connectivity index (χ1n) is 9.01. The number of benzene rings is 2. The van der Waals surface area contributed by atoms with Crippen molar-refractivity contribution >= 4 is 11.9 Å². The molecule has 0 aliphatic carbocycles. The number of aromatic nitrogens is 4. The lowest BCUT2D eigenvalue weighted by molar-refractivity contribution is -0.122. The van der Waals surface area contributed by atoms with Crippen LogP contribution in [0, 0.1) is 5.82 Å². The highest BCUT2D eigenvalue weighted by Gasteiger charge is 2.13. The van der Waals surface area contributed by atoms with Crippen molar-refractivity contribution in [3.8, 4) is 11.4 Å². The van der Waals surface area contributed by atoms with Crippen molar-refractivity contribution in [1.82, 2.24) is 25.5 Å². The molecule has 9 heteroatoms. The third kappa shape index (κ3) is 5.68. The van der Waals surface area contributed by atoms with Crippen molar-refractivity contribution in [1.29, 1.82) is 0 Å². The van der Waals surface area contributed by atoms with Gasteiger partial charge >= 0.3 is 5.97 Å². The monoisotopic (exact) mass is 397 g/mol. The minimum atomic E-state index is -0.436. The first-order chi connectivity index (χ1) is 13.9. The summed E-state index contributed by atoms with van der Waals surface area (Å²) < 4.78 is 18.1. The maximum Gasteiger partial charge on any atom is 0.338 e. The van der Waals surface area contributed by atoms with Crippen molar-refractivity contribution in [3.05, 3.63) is 65.5 Å². The van der Waals surface area contributed by atoms with Crippen LogP contribution >= 0.6 is 0 Å². The molecule has 1 aromatic heterocycles. The molecule has 0 aliphatic heterocycles. The van der Waals surface area contributed by atoms with Gasteiger partial charge in [0.25, 0.3) is 0 Å². The molecule has 0 saturated heterocycles. The van der Waals surface area contributed by atoms with Gasteiger partial charge in [-0.2, -0.15) is 4.80 Å². The number of esters is 1. The number of nitrogens with one attached hydrogen (secondary N) is 1. The minimum absolute atomic E-state index is 0.122. The van der Waals surface area contributed by atoms with Gasteiger partial charge in [0.15, 0.2) is 0 Å². The van der Waals surface area contributed by atoms with Gasteiger partial charge in [0.2, 0.25) is 11.7 Å². The number of tetrazole rings is 1. The van der Waals surface area contributed by atoms with Crippen LogP contribution in [0.25, 0.3) is 11.4 Å². The van der Waals surface area contributed by atoms with E-state index in [0.29, 0.717) is 11.1 Å². The van der Waals surface area contributed by atoms with Crippen LogP contribution < -0.4 is 5.32 Å². The Kier molecular flexibility index (Phi) is 6.28. The number of halogens is 1. The van der Waals surface area contributed by atoms with E-state index in [1.807, 2.05) is 0 Å². The highest BCUT2D eigenvalue weighted by molar-refractivity contribution is 5.90. The molecule has 1 N–H and O–H groups in total. The molecule has 0 bridgehead atoms. The second-order valence-electron chi connectivity index (χ2n) is 6.58. The van der Waals surface area contributed by atoms with Gasteiger partial charge in [-0.15, -0.1) is 10.2 Å². The molecular weight excluding hydrogens is 377 g/mol. The summed E-state index contributed by atoms with van der Waals surface area (Å²) in [6.45, 7) is 3.69. The van der Waals surface area contributed by atoms with Crippen LogP contribution in [0.2, 0.25) is 0 Å². The molecule has 3 aromatic rings. The number of ether oxygens (including phenoxy) is 1. The number of hydrogen-bond acceptors (Lipinski definition) is 6. The van der Waals surface area contributed by atoms with Crippen LogP contribution in [-0.4, -0.2) is 38.2 Å². The molecule has 0 radical (unpaired) electrons. The zero-order valence-electron chi connectivity index (χ0n) is 16.0. The maximum absolute atomic E-state index is 12.9. The fourth-order valence-electron chi connectivity index (χ4n) is 2.48. The number of carbonyl (C=O) groups excluding carboxylic acids is 2. The van der Waals surface area contributed by atoms with E-state index in [9.17, 15) is 14.0 Å². The third-order valence-corrected chi connectivity index (χ3v) is 3.84. The van der Waals surface area contributed by atoms with Crippen molar-refractivity contribution in [3.63, 3.8) is 0 Å². The first-order valence-corrected chi connectivity index (χ1v) is 9.01. The molecule has 0 aliphatic rings. The second-order valence-corrected chi connectivity index (χ2v) is 6.58. The molecule has 3 rings (SSSR count). The van der Waals surface area contributed by atoms with Gasteiger partial charge in [-0.05, 0) is 48.9 Å². The van der Waals surface area contributed by atoms with E-state index in [4.69, 9.17) is 4.74 Å². The van der Waals surface area contributed by atoms with Gasteiger partial charge in [-0.25, -0.2) is 9.18 Å². The smallest absolute Gasteiger partial charge is 0.338 e. The Bertz CT molecular complexity index is 1000. The summed E-state index contributed by atoms with van der Waals surface area (Å²) in [5, 5.41) is 14.7. The van der Waals surface area contributed by atoms with Crippen LogP contribution in [0.3, 0.4) is 0 Å². The van der Waals surface area contributed by atoms with Crippen molar-refractivity contribution in [2.45, 2.75) is 33.0 Å². The largest absolute Gasteiger partial charge is 0.459 e.